The van der Waals surface area contributed by atoms with Crippen LogP contribution in [0.15, 0.2) is 29.3 Å². The first-order valence-electron chi connectivity index (χ1n) is 6.85. The number of thioether (sulfide) groups is 1. The Balaban J connectivity index is 1.71. The Morgan fingerprint density at radius 3 is 3.15 bits per heavy atom. The first-order valence-corrected chi connectivity index (χ1v) is 8.65. The van der Waals surface area contributed by atoms with Gasteiger partial charge in [0.1, 0.15) is 5.82 Å². The molecule has 0 fully saturated rings. The maximum atomic E-state index is 13.4. The third kappa shape index (κ3) is 3.05. The van der Waals surface area contributed by atoms with Gasteiger partial charge in [-0.05, 0) is 42.4 Å². The molecule has 3 rings (SSSR count). The third-order valence-electron chi connectivity index (χ3n) is 3.44. The molecule has 2 nitrogen and oxygen atoms in total. The van der Waals surface area contributed by atoms with Gasteiger partial charge in [0.15, 0.2) is 0 Å². The lowest BCUT2D eigenvalue weighted by atomic mass is 10.0. The Kier molecular flexibility index (Phi) is 4.38. The second-order valence-corrected chi connectivity index (χ2v) is 7.16. The Morgan fingerprint density at radius 2 is 2.35 bits per heavy atom. The summed E-state index contributed by atoms with van der Waals surface area (Å²) in [5.41, 5.74) is 1.10. The van der Waals surface area contributed by atoms with Gasteiger partial charge in [0.05, 0.1) is 5.01 Å². The molecule has 0 saturated carbocycles. The van der Waals surface area contributed by atoms with Crippen LogP contribution in [0.5, 0.6) is 0 Å². The largest absolute Gasteiger partial charge is 0.305 e. The first kappa shape index (κ1) is 14.0. The number of aromatic nitrogens is 1. The van der Waals surface area contributed by atoms with Gasteiger partial charge in [-0.1, -0.05) is 6.92 Å². The standard InChI is InChI=1S/C15H17FN2S2/c1-2-15-18-9-11(20-15)8-17-13-5-6-19-14-4-3-10(16)7-12(13)14/h3-4,7,9,13,17H,2,5-6,8H2,1H3. The van der Waals surface area contributed by atoms with E-state index in [4.69, 9.17) is 0 Å². The van der Waals surface area contributed by atoms with Crippen LogP contribution < -0.4 is 5.32 Å². The van der Waals surface area contributed by atoms with Crippen LogP contribution in [0.25, 0.3) is 0 Å². The van der Waals surface area contributed by atoms with Crippen molar-refractivity contribution in [2.45, 2.75) is 37.2 Å². The predicted molar refractivity (Wildman–Crippen MR) is 82.8 cm³/mol. The monoisotopic (exact) mass is 308 g/mol. The molecule has 1 aromatic heterocycles. The van der Waals surface area contributed by atoms with Gasteiger partial charge in [-0.2, -0.15) is 0 Å². The van der Waals surface area contributed by atoms with Crippen molar-refractivity contribution in [1.29, 1.82) is 0 Å². The number of hydrogen-bond donors (Lipinski definition) is 1. The molecular weight excluding hydrogens is 291 g/mol. The number of nitrogens with one attached hydrogen (secondary N) is 1. The number of aryl methyl sites for hydroxylation is 1. The summed E-state index contributed by atoms with van der Waals surface area (Å²) in [6.07, 6.45) is 3.97. The molecule has 1 unspecified atom stereocenters. The number of hydrogen-bond acceptors (Lipinski definition) is 4. The van der Waals surface area contributed by atoms with Crippen molar-refractivity contribution in [2.75, 3.05) is 5.75 Å². The smallest absolute Gasteiger partial charge is 0.123 e. The maximum Gasteiger partial charge on any atom is 0.123 e. The zero-order valence-corrected chi connectivity index (χ0v) is 13.0. The molecule has 1 atom stereocenters. The Bertz CT molecular complexity index is 597. The van der Waals surface area contributed by atoms with Crippen molar-refractivity contribution >= 4 is 23.1 Å². The molecular formula is C15H17FN2S2. The van der Waals surface area contributed by atoms with Crippen LogP contribution in [0.2, 0.25) is 0 Å². The van der Waals surface area contributed by atoms with Crippen molar-refractivity contribution in [1.82, 2.24) is 10.3 Å². The minimum atomic E-state index is -0.149. The van der Waals surface area contributed by atoms with Crippen LogP contribution in [0.4, 0.5) is 4.39 Å². The highest BCUT2D eigenvalue weighted by Crippen LogP contribution is 2.36. The second kappa shape index (κ2) is 6.24. The van der Waals surface area contributed by atoms with Crippen molar-refractivity contribution in [3.63, 3.8) is 0 Å². The number of thiazole rings is 1. The summed E-state index contributed by atoms with van der Waals surface area (Å²) in [5, 5.41) is 4.72. The van der Waals surface area contributed by atoms with E-state index in [0.717, 1.165) is 30.7 Å². The molecule has 0 radical (unpaired) electrons. The van der Waals surface area contributed by atoms with E-state index in [1.54, 1.807) is 23.5 Å². The van der Waals surface area contributed by atoms with Crippen LogP contribution in [0, 0.1) is 5.82 Å². The lowest BCUT2D eigenvalue weighted by Crippen LogP contribution is -2.24. The number of halogens is 1. The molecule has 0 saturated heterocycles. The molecule has 2 heterocycles. The fraction of sp³-hybridized carbons (Fsp3) is 0.400. The number of fused-ring (bicyclic) bond motifs is 1. The topological polar surface area (TPSA) is 24.9 Å². The maximum absolute atomic E-state index is 13.4. The molecule has 0 amide bonds. The van der Waals surface area contributed by atoms with Crippen LogP contribution in [-0.2, 0) is 13.0 Å². The van der Waals surface area contributed by atoms with E-state index in [2.05, 4.69) is 17.2 Å². The van der Waals surface area contributed by atoms with E-state index in [1.165, 1.54) is 14.8 Å². The number of nitrogens with zero attached hydrogens (tertiary/aromatic N) is 1. The molecule has 20 heavy (non-hydrogen) atoms. The SMILES string of the molecule is CCc1ncc(CNC2CCSc3ccc(F)cc32)s1. The minimum Gasteiger partial charge on any atom is -0.305 e. The van der Waals surface area contributed by atoms with Crippen LogP contribution in [-0.4, -0.2) is 10.7 Å². The molecule has 2 aromatic rings. The quantitative estimate of drug-likeness (QED) is 0.917. The van der Waals surface area contributed by atoms with Crippen molar-refractivity contribution in [2.24, 2.45) is 0 Å². The summed E-state index contributed by atoms with van der Waals surface area (Å²) < 4.78 is 13.4. The molecule has 106 valence electrons. The van der Waals surface area contributed by atoms with Gasteiger partial charge < -0.3 is 5.32 Å². The van der Waals surface area contributed by atoms with Crippen LogP contribution in [0.3, 0.4) is 0 Å². The average molecular weight is 308 g/mol. The van der Waals surface area contributed by atoms with Crippen molar-refractivity contribution in [3.05, 3.63) is 45.7 Å². The Labute approximate surface area is 126 Å². The summed E-state index contributed by atoms with van der Waals surface area (Å²) in [5.74, 6) is 0.934. The Hall–Kier alpha value is -0.910. The lowest BCUT2D eigenvalue weighted by molar-refractivity contribution is 0.507. The summed E-state index contributed by atoms with van der Waals surface area (Å²) >= 11 is 3.57. The highest BCUT2D eigenvalue weighted by Gasteiger charge is 2.21. The molecule has 1 N–H and O–H groups in total. The molecule has 1 aliphatic rings. The van der Waals surface area contributed by atoms with Gasteiger partial charge in [0.25, 0.3) is 0 Å². The van der Waals surface area contributed by atoms with E-state index < -0.39 is 0 Å². The van der Waals surface area contributed by atoms with Gasteiger partial charge in [0.2, 0.25) is 0 Å². The summed E-state index contributed by atoms with van der Waals surface area (Å²) in [4.78, 5) is 6.82. The predicted octanol–water partition coefficient (Wildman–Crippen LogP) is 4.17. The summed E-state index contributed by atoms with van der Waals surface area (Å²) in [6, 6.07) is 5.35. The van der Waals surface area contributed by atoms with E-state index in [0.29, 0.717) is 0 Å². The van der Waals surface area contributed by atoms with Crippen LogP contribution >= 0.6 is 23.1 Å². The molecule has 0 spiro atoms. The van der Waals surface area contributed by atoms with Gasteiger partial charge in [0, 0.05) is 28.6 Å². The highest BCUT2D eigenvalue weighted by atomic mass is 32.2. The number of benzene rings is 1. The first-order chi connectivity index (χ1) is 9.76. The molecule has 1 aromatic carbocycles. The van der Waals surface area contributed by atoms with E-state index in [9.17, 15) is 4.39 Å². The minimum absolute atomic E-state index is 0.149. The molecule has 5 heteroatoms. The van der Waals surface area contributed by atoms with Gasteiger partial charge in [-0.3, -0.25) is 0 Å². The fourth-order valence-electron chi connectivity index (χ4n) is 2.39. The molecule has 0 bridgehead atoms. The van der Waals surface area contributed by atoms with Crippen molar-refractivity contribution in [3.8, 4) is 0 Å². The Morgan fingerprint density at radius 1 is 1.45 bits per heavy atom. The highest BCUT2D eigenvalue weighted by molar-refractivity contribution is 7.99. The van der Waals surface area contributed by atoms with Crippen LogP contribution in [0.1, 0.15) is 34.8 Å². The van der Waals surface area contributed by atoms with Gasteiger partial charge in [-0.25, -0.2) is 9.37 Å². The number of rotatable bonds is 4. The second-order valence-electron chi connectivity index (χ2n) is 4.83. The third-order valence-corrected chi connectivity index (χ3v) is 5.70. The van der Waals surface area contributed by atoms with Gasteiger partial charge in [-0.15, -0.1) is 23.1 Å². The normalized spacial score (nSPS) is 18.0. The average Bonchev–Trinajstić information content (AvgIpc) is 2.93. The van der Waals surface area contributed by atoms with Gasteiger partial charge >= 0.3 is 0 Å². The lowest BCUT2D eigenvalue weighted by Gasteiger charge is -2.25. The zero-order valence-electron chi connectivity index (χ0n) is 11.4. The van der Waals surface area contributed by atoms with E-state index >= 15 is 0 Å². The summed E-state index contributed by atoms with van der Waals surface area (Å²) in [7, 11) is 0. The van der Waals surface area contributed by atoms with E-state index in [1.807, 2.05) is 24.0 Å². The molecule has 1 aliphatic heterocycles. The van der Waals surface area contributed by atoms with E-state index in [-0.39, 0.29) is 11.9 Å². The zero-order chi connectivity index (χ0) is 13.9. The summed E-state index contributed by atoms with van der Waals surface area (Å²) in [6.45, 7) is 2.93. The fourth-order valence-corrected chi connectivity index (χ4v) is 4.31. The van der Waals surface area contributed by atoms with Crippen molar-refractivity contribution < 1.29 is 4.39 Å². The molecule has 0 aliphatic carbocycles.